The van der Waals surface area contributed by atoms with Crippen molar-refractivity contribution in [2.24, 2.45) is 0 Å². The van der Waals surface area contributed by atoms with E-state index >= 15 is 0 Å². The van der Waals surface area contributed by atoms with Crippen molar-refractivity contribution in [3.8, 4) is 0 Å². The highest BCUT2D eigenvalue weighted by atomic mass is 14.9. The minimum Gasteiger partial charge on any atom is -0.379 e. The molecule has 0 radical (unpaired) electrons. The molecule has 1 rings (SSSR count). The molecule has 0 aromatic carbocycles. The van der Waals surface area contributed by atoms with Crippen LogP contribution in [0.1, 0.15) is 6.92 Å². The topological polar surface area (TPSA) is 12.0 Å². The first-order valence-electron chi connectivity index (χ1n) is 3.72. The standard InChI is InChI=1S/C10H13N/c1-4-9-7-6-8(3)11-10(9)5-2/h4-8,11H,1-2H2,3H3. The molecule has 0 amide bonds. The predicted molar refractivity (Wildman–Crippen MR) is 49.2 cm³/mol. The van der Waals surface area contributed by atoms with E-state index in [9.17, 15) is 0 Å². The van der Waals surface area contributed by atoms with Gasteiger partial charge in [0.1, 0.15) is 0 Å². The van der Waals surface area contributed by atoms with E-state index in [0.717, 1.165) is 11.3 Å². The maximum Gasteiger partial charge on any atom is 0.0419 e. The van der Waals surface area contributed by atoms with Crippen LogP contribution in [-0.2, 0) is 0 Å². The molecule has 1 aliphatic heterocycles. The lowest BCUT2D eigenvalue weighted by atomic mass is 10.1. The average molecular weight is 147 g/mol. The molecule has 0 aromatic rings. The van der Waals surface area contributed by atoms with Crippen molar-refractivity contribution in [3.63, 3.8) is 0 Å². The molecule has 1 nitrogen and oxygen atoms in total. The molecule has 11 heavy (non-hydrogen) atoms. The molecule has 0 saturated heterocycles. The van der Waals surface area contributed by atoms with Gasteiger partial charge < -0.3 is 5.32 Å². The first-order valence-corrected chi connectivity index (χ1v) is 3.72. The summed E-state index contributed by atoms with van der Waals surface area (Å²) in [5.41, 5.74) is 2.17. The molecule has 1 heterocycles. The second-order valence-corrected chi connectivity index (χ2v) is 2.57. The van der Waals surface area contributed by atoms with Crippen LogP contribution in [0.3, 0.4) is 0 Å². The SMILES string of the molecule is C=CC1=C(C=C)NC(C)C=C1. The fourth-order valence-electron chi connectivity index (χ4n) is 1.07. The summed E-state index contributed by atoms with van der Waals surface area (Å²) >= 11 is 0. The van der Waals surface area contributed by atoms with Crippen molar-refractivity contribution < 1.29 is 0 Å². The lowest BCUT2D eigenvalue weighted by Crippen LogP contribution is -2.25. The van der Waals surface area contributed by atoms with Gasteiger partial charge in [-0.1, -0.05) is 31.4 Å². The van der Waals surface area contributed by atoms with Gasteiger partial charge in [-0.2, -0.15) is 0 Å². The summed E-state index contributed by atoms with van der Waals surface area (Å²) in [7, 11) is 0. The Morgan fingerprint density at radius 3 is 2.73 bits per heavy atom. The van der Waals surface area contributed by atoms with Crippen LogP contribution in [-0.4, -0.2) is 6.04 Å². The minimum atomic E-state index is 0.395. The molecular formula is C10H13N. The number of allylic oxidation sites excluding steroid dienone is 4. The van der Waals surface area contributed by atoms with Gasteiger partial charge in [0.15, 0.2) is 0 Å². The average Bonchev–Trinajstić information content (AvgIpc) is 2.04. The van der Waals surface area contributed by atoms with Crippen LogP contribution in [0, 0.1) is 0 Å². The van der Waals surface area contributed by atoms with Gasteiger partial charge in [-0.15, -0.1) is 0 Å². The van der Waals surface area contributed by atoms with E-state index in [0.29, 0.717) is 6.04 Å². The third-order valence-electron chi connectivity index (χ3n) is 1.68. The number of nitrogens with one attached hydrogen (secondary N) is 1. The minimum absolute atomic E-state index is 0.395. The zero-order chi connectivity index (χ0) is 8.27. The fraction of sp³-hybridized carbons (Fsp3) is 0.200. The Kier molecular flexibility index (Phi) is 2.32. The molecule has 0 saturated carbocycles. The van der Waals surface area contributed by atoms with Crippen molar-refractivity contribution >= 4 is 0 Å². The first kappa shape index (κ1) is 7.86. The number of hydrogen-bond acceptors (Lipinski definition) is 1. The summed E-state index contributed by atoms with van der Waals surface area (Å²) in [6, 6.07) is 0.395. The molecule has 1 atom stereocenters. The molecule has 0 aliphatic carbocycles. The molecule has 0 bridgehead atoms. The van der Waals surface area contributed by atoms with Crippen LogP contribution < -0.4 is 5.32 Å². The van der Waals surface area contributed by atoms with E-state index in [1.165, 1.54) is 0 Å². The quantitative estimate of drug-likeness (QED) is 0.631. The van der Waals surface area contributed by atoms with Crippen molar-refractivity contribution in [2.45, 2.75) is 13.0 Å². The van der Waals surface area contributed by atoms with Crippen molar-refractivity contribution in [3.05, 3.63) is 48.7 Å². The highest BCUT2D eigenvalue weighted by Gasteiger charge is 2.05. The van der Waals surface area contributed by atoms with Crippen molar-refractivity contribution in [2.75, 3.05) is 0 Å². The summed E-state index contributed by atoms with van der Waals surface area (Å²) in [6.45, 7) is 9.52. The Morgan fingerprint density at radius 2 is 2.18 bits per heavy atom. The van der Waals surface area contributed by atoms with Crippen LogP contribution >= 0.6 is 0 Å². The van der Waals surface area contributed by atoms with Crippen LogP contribution in [0.4, 0.5) is 0 Å². The van der Waals surface area contributed by atoms with Gasteiger partial charge in [0.2, 0.25) is 0 Å². The molecular weight excluding hydrogens is 134 g/mol. The number of hydrogen-bond donors (Lipinski definition) is 1. The molecule has 0 aromatic heterocycles. The van der Waals surface area contributed by atoms with Gasteiger partial charge >= 0.3 is 0 Å². The first-order chi connectivity index (χ1) is 5.27. The normalized spacial score (nSPS) is 22.8. The Balaban J connectivity index is 2.93. The monoisotopic (exact) mass is 147 g/mol. The van der Waals surface area contributed by atoms with E-state index in [2.05, 4.69) is 37.6 Å². The third kappa shape index (κ3) is 1.61. The Morgan fingerprint density at radius 1 is 1.45 bits per heavy atom. The molecule has 58 valence electrons. The van der Waals surface area contributed by atoms with Gasteiger partial charge in [-0.3, -0.25) is 0 Å². The summed E-state index contributed by atoms with van der Waals surface area (Å²) in [6.07, 6.45) is 7.80. The van der Waals surface area contributed by atoms with Gasteiger partial charge in [0.05, 0.1) is 0 Å². The largest absolute Gasteiger partial charge is 0.379 e. The molecule has 1 heteroatoms. The molecule has 0 fully saturated rings. The highest BCUT2D eigenvalue weighted by molar-refractivity contribution is 5.41. The van der Waals surface area contributed by atoms with Crippen LogP contribution in [0.15, 0.2) is 48.7 Å². The maximum absolute atomic E-state index is 3.71. The number of rotatable bonds is 2. The van der Waals surface area contributed by atoms with Gasteiger partial charge in [0.25, 0.3) is 0 Å². The van der Waals surface area contributed by atoms with E-state index in [1.807, 2.05) is 12.2 Å². The summed E-state index contributed by atoms with van der Waals surface area (Å²) < 4.78 is 0. The Bertz CT molecular complexity index is 233. The summed E-state index contributed by atoms with van der Waals surface area (Å²) in [5.74, 6) is 0. The van der Waals surface area contributed by atoms with E-state index < -0.39 is 0 Å². The molecule has 1 N–H and O–H groups in total. The van der Waals surface area contributed by atoms with Crippen molar-refractivity contribution in [1.29, 1.82) is 0 Å². The zero-order valence-corrected chi connectivity index (χ0v) is 6.80. The Hall–Kier alpha value is -1.24. The second kappa shape index (κ2) is 3.24. The van der Waals surface area contributed by atoms with Crippen LogP contribution in [0.2, 0.25) is 0 Å². The third-order valence-corrected chi connectivity index (χ3v) is 1.68. The van der Waals surface area contributed by atoms with Gasteiger partial charge in [-0.25, -0.2) is 0 Å². The van der Waals surface area contributed by atoms with E-state index in [-0.39, 0.29) is 0 Å². The Labute approximate surface area is 67.8 Å². The smallest absolute Gasteiger partial charge is 0.0419 e. The predicted octanol–water partition coefficient (Wildman–Crippen LogP) is 2.16. The lowest BCUT2D eigenvalue weighted by Gasteiger charge is -2.18. The fourth-order valence-corrected chi connectivity index (χ4v) is 1.07. The number of dihydropyridines is 1. The highest BCUT2D eigenvalue weighted by Crippen LogP contribution is 2.12. The zero-order valence-electron chi connectivity index (χ0n) is 6.80. The summed E-state index contributed by atoms with van der Waals surface area (Å²) in [5, 5.41) is 3.27. The van der Waals surface area contributed by atoms with Crippen molar-refractivity contribution in [1.82, 2.24) is 5.32 Å². The van der Waals surface area contributed by atoms with E-state index in [4.69, 9.17) is 0 Å². The van der Waals surface area contributed by atoms with Crippen LogP contribution in [0.5, 0.6) is 0 Å². The van der Waals surface area contributed by atoms with E-state index in [1.54, 1.807) is 0 Å². The molecule has 1 aliphatic rings. The molecule has 0 spiro atoms. The maximum atomic E-state index is 3.71. The summed E-state index contributed by atoms with van der Waals surface area (Å²) in [4.78, 5) is 0. The molecule has 1 unspecified atom stereocenters. The second-order valence-electron chi connectivity index (χ2n) is 2.57. The van der Waals surface area contributed by atoms with Gasteiger partial charge in [-0.05, 0) is 18.6 Å². The van der Waals surface area contributed by atoms with Gasteiger partial charge in [0, 0.05) is 11.7 Å². The lowest BCUT2D eigenvalue weighted by molar-refractivity contribution is 0.728. The van der Waals surface area contributed by atoms with Crippen LogP contribution in [0.25, 0.3) is 0 Å².